The van der Waals surface area contributed by atoms with Crippen LogP contribution >= 0.6 is 0 Å². The molecule has 1 heterocycles. The van der Waals surface area contributed by atoms with Gasteiger partial charge in [0.1, 0.15) is 0 Å². The van der Waals surface area contributed by atoms with Crippen molar-refractivity contribution in [3.05, 3.63) is 70.8 Å². The molecule has 1 aliphatic rings. The van der Waals surface area contributed by atoms with Gasteiger partial charge in [0.2, 0.25) is 0 Å². The lowest BCUT2D eigenvalue weighted by molar-refractivity contribution is -0.137. The second kappa shape index (κ2) is 10.6. The van der Waals surface area contributed by atoms with E-state index < -0.39 is 11.7 Å². The number of likely N-dealkylation sites (N-methyl/N-ethyl adjacent to an activating group) is 1. The zero-order chi connectivity index (χ0) is 22.3. The molecular weight excluding hydrogens is 403 g/mol. The fourth-order valence-electron chi connectivity index (χ4n) is 3.48. The number of hydrogen-bond donors (Lipinski definition) is 2. The van der Waals surface area contributed by atoms with E-state index in [1.807, 2.05) is 0 Å². The highest BCUT2D eigenvalue weighted by molar-refractivity contribution is 5.79. The lowest BCUT2D eigenvalue weighted by Crippen LogP contribution is -2.43. The van der Waals surface area contributed by atoms with Gasteiger partial charge in [0, 0.05) is 52.9 Å². The fourth-order valence-corrected chi connectivity index (χ4v) is 3.48. The maximum absolute atomic E-state index is 12.9. The topological polar surface area (TPSA) is 42.9 Å². The Morgan fingerprint density at radius 3 is 2.13 bits per heavy atom. The number of benzene rings is 2. The molecule has 0 aliphatic carbocycles. The molecule has 2 aromatic carbocycles. The van der Waals surface area contributed by atoms with Crippen LogP contribution in [0.2, 0.25) is 0 Å². The van der Waals surface area contributed by atoms with Crippen LogP contribution in [0.15, 0.2) is 53.5 Å². The summed E-state index contributed by atoms with van der Waals surface area (Å²) in [6, 6.07) is 13.8. The molecule has 0 bridgehead atoms. The second-order valence-corrected chi connectivity index (χ2v) is 7.87. The second-order valence-electron chi connectivity index (χ2n) is 7.87. The predicted molar refractivity (Wildman–Crippen MR) is 118 cm³/mol. The van der Waals surface area contributed by atoms with Crippen LogP contribution < -0.4 is 10.6 Å². The molecule has 3 rings (SSSR count). The van der Waals surface area contributed by atoms with Crippen molar-refractivity contribution in [2.45, 2.75) is 25.8 Å². The summed E-state index contributed by atoms with van der Waals surface area (Å²) in [5, 5.41) is 6.27. The van der Waals surface area contributed by atoms with Crippen molar-refractivity contribution in [3.63, 3.8) is 0 Å². The highest BCUT2D eigenvalue weighted by atomic mass is 19.4. The Bertz CT molecular complexity index is 856. The molecule has 0 radical (unpaired) electrons. The molecule has 31 heavy (non-hydrogen) atoms. The van der Waals surface area contributed by atoms with Crippen molar-refractivity contribution in [1.29, 1.82) is 0 Å². The summed E-state index contributed by atoms with van der Waals surface area (Å²) >= 11 is 0. The van der Waals surface area contributed by atoms with Crippen molar-refractivity contribution in [3.8, 4) is 0 Å². The monoisotopic (exact) mass is 433 g/mol. The molecule has 2 N–H and O–H groups in total. The largest absolute Gasteiger partial charge is 0.416 e. The maximum Gasteiger partial charge on any atom is 0.416 e. The first-order valence-corrected chi connectivity index (χ1v) is 10.4. The third kappa shape index (κ3) is 7.25. The van der Waals surface area contributed by atoms with Crippen LogP contribution in [0, 0.1) is 0 Å². The van der Waals surface area contributed by atoms with E-state index in [-0.39, 0.29) is 6.54 Å². The van der Waals surface area contributed by atoms with Gasteiger partial charge < -0.3 is 15.5 Å². The van der Waals surface area contributed by atoms with Gasteiger partial charge >= 0.3 is 6.18 Å². The van der Waals surface area contributed by atoms with E-state index in [1.165, 1.54) is 11.6 Å². The Balaban J connectivity index is 1.46. The van der Waals surface area contributed by atoms with Crippen molar-refractivity contribution >= 4 is 5.96 Å². The van der Waals surface area contributed by atoms with Gasteiger partial charge in [0.15, 0.2) is 5.96 Å². The summed E-state index contributed by atoms with van der Waals surface area (Å²) in [4.78, 5) is 8.96. The molecule has 8 heteroatoms. The van der Waals surface area contributed by atoms with Crippen molar-refractivity contribution in [2.75, 3.05) is 40.3 Å². The molecule has 0 amide bonds. The summed E-state index contributed by atoms with van der Waals surface area (Å²) in [6.07, 6.45) is -4.34. The average molecular weight is 434 g/mol. The number of nitrogens with one attached hydrogen (secondary N) is 2. The minimum Gasteiger partial charge on any atom is -0.352 e. The summed E-state index contributed by atoms with van der Waals surface area (Å²) < 4.78 is 38.6. The van der Waals surface area contributed by atoms with E-state index in [0.717, 1.165) is 50.4 Å². The number of rotatable bonds is 6. The number of guanidine groups is 1. The Hall–Kier alpha value is -2.58. The van der Waals surface area contributed by atoms with Crippen LogP contribution in [0.1, 0.15) is 22.3 Å². The highest BCUT2D eigenvalue weighted by Gasteiger charge is 2.30. The van der Waals surface area contributed by atoms with Gasteiger partial charge in [-0.3, -0.25) is 9.89 Å². The molecule has 168 valence electrons. The Morgan fingerprint density at radius 1 is 0.903 bits per heavy atom. The zero-order valence-corrected chi connectivity index (χ0v) is 18.0. The average Bonchev–Trinajstić information content (AvgIpc) is 2.76. The van der Waals surface area contributed by atoms with E-state index in [1.54, 1.807) is 13.1 Å². The number of hydrogen-bond acceptors (Lipinski definition) is 3. The smallest absolute Gasteiger partial charge is 0.352 e. The minimum absolute atomic E-state index is 0.257. The minimum atomic E-state index is -4.34. The Morgan fingerprint density at radius 2 is 1.52 bits per heavy atom. The van der Waals surface area contributed by atoms with Gasteiger partial charge in [-0.25, -0.2) is 0 Å². The van der Waals surface area contributed by atoms with Crippen LogP contribution in [0.4, 0.5) is 13.2 Å². The first-order valence-electron chi connectivity index (χ1n) is 10.4. The number of piperazine rings is 1. The quantitative estimate of drug-likeness (QED) is 0.542. The van der Waals surface area contributed by atoms with E-state index in [4.69, 9.17) is 0 Å². The molecule has 0 atom stereocenters. The van der Waals surface area contributed by atoms with E-state index >= 15 is 0 Å². The summed E-state index contributed by atoms with van der Waals surface area (Å²) in [7, 11) is 3.79. The number of nitrogens with zero attached hydrogens (tertiary/aromatic N) is 3. The Kier molecular flexibility index (Phi) is 7.92. The fraction of sp³-hybridized carbons (Fsp3) is 0.435. The van der Waals surface area contributed by atoms with Crippen molar-refractivity contribution < 1.29 is 13.2 Å². The van der Waals surface area contributed by atoms with Crippen LogP contribution in [-0.4, -0.2) is 56.0 Å². The van der Waals surface area contributed by atoms with Gasteiger partial charge in [-0.15, -0.1) is 0 Å². The third-order valence-electron chi connectivity index (χ3n) is 5.42. The third-order valence-corrected chi connectivity index (χ3v) is 5.42. The SMILES string of the molecule is CN=C(NCc1ccc(CN2CCN(C)CC2)cc1)NCc1cccc(C(F)(F)F)c1. The molecule has 1 saturated heterocycles. The molecule has 2 aromatic rings. The first kappa shape index (κ1) is 23.1. The van der Waals surface area contributed by atoms with Crippen LogP contribution in [0.5, 0.6) is 0 Å². The molecule has 1 aliphatic heterocycles. The van der Waals surface area contributed by atoms with Crippen molar-refractivity contribution in [1.82, 2.24) is 20.4 Å². The molecule has 0 aromatic heterocycles. The molecular formula is C23H30F3N5. The van der Waals surface area contributed by atoms with Gasteiger partial charge in [0.25, 0.3) is 0 Å². The summed E-state index contributed by atoms with van der Waals surface area (Å²) in [5.41, 5.74) is 2.31. The molecule has 5 nitrogen and oxygen atoms in total. The van der Waals surface area contributed by atoms with Crippen LogP contribution in [-0.2, 0) is 25.8 Å². The maximum atomic E-state index is 12.9. The molecule has 0 saturated carbocycles. The molecule has 0 spiro atoms. The van der Waals surface area contributed by atoms with Gasteiger partial charge in [-0.05, 0) is 35.9 Å². The van der Waals surface area contributed by atoms with Crippen molar-refractivity contribution in [2.24, 2.45) is 4.99 Å². The van der Waals surface area contributed by atoms with Gasteiger partial charge in [-0.2, -0.15) is 13.2 Å². The van der Waals surface area contributed by atoms with E-state index in [0.29, 0.717) is 18.1 Å². The first-order chi connectivity index (χ1) is 14.8. The van der Waals surface area contributed by atoms with Crippen LogP contribution in [0.3, 0.4) is 0 Å². The van der Waals surface area contributed by atoms with Gasteiger partial charge in [-0.1, -0.05) is 36.4 Å². The van der Waals surface area contributed by atoms with Crippen LogP contribution in [0.25, 0.3) is 0 Å². The summed E-state index contributed by atoms with van der Waals surface area (Å²) in [6.45, 7) is 6.19. The number of aliphatic imine (C=N–C) groups is 1. The summed E-state index contributed by atoms with van der Waals surface area (Å²) in [5.74, 6) is 0.541. The normalized spacial score (nSPS) is 16.4. The molecule has 1 fully saturated rings. The predicted octanol–water partition coefficient (Wildman–Crippen LogP) is 3.32. The van der Waals surface area contributed by atoms with E-state index in [2.05, 4.69) is 56.7 Å². The Labute approximate surface area is 182 Å². The van der Waals surface area contributed by atoms with Gasteiger partial charge in [0.05, 0.1) is 5.56 Å². The number of alkyl halides is 3. The molecule has 0 unspecified atom stereocenters. The lowest BCUT2D eigenvalue weighted by atomic mass is 10.1. The lowest BCUT2D eigenvalue weighted by Gasteiger charge is -2.32. The standard InChI is InChI=1S/C23H30F3N5/c1-27-22(29-16-20-4-3-5-21(14-20)23(24,25)26)28-15-18-6-8-19(9-7-18)17-31-12-10-30(2)11-13-31/h3-9,14H,10-13,15-17H2,1-2H3,(H2,27,28,29). The highest BCUT2D eigenvalue weighted by Crippen LogP contribution is 2.29. The number of halogens is 3. The van der Waals surface area contributed by atoms with E-state index in [9.17, 15) is 13.2 Å². The zero-order valence-electron chi connectivity index (χ0n) is 18.0.